The topological polar surface area (TPSA) is 12.5 Å². The number of halogens is 2. The number of hydrogen-bond acceptors (Lipinski definition) is 2. The number of anilines is 1. The number of hydrogen-bond donors (Lipinski definition) is 0. The molecule has 0 amide bonds. The molecule has 94 valence electrons. The Morgan fingerprint density at radius 3 is 2.47 bits per heavy atom. The zero-order valence-corrected chi connectivity index (χ0v) is 13.3. The molecule has 0 N–H and O–H groups in total. The summed E-state index contributed by atoms with van der Waals surface area (Å²) in [7, 11) is 0. The number of rotatable bonds is 2. The summed E-state index contributed by atoms with van der Waals surface area (Å²) in [6.45, 7) is 6.18. The average Bonchev–Trinajstić information content (AvgIpc) is 2.27. The molecule has 1 saturated heterocycles. The smallest absolute Gasteiger partial charge is 0.0726 e. The van der Waals surface area contributed by atoms with Crippen molar-refractivity contribution in [1.82, 2.24) is 0 Å². The molecule has 4 heteroatoms. The highest BCUT2D eigenvalue weighted by atomic mass is 79.9. The Labute approximate surface area is 120 Å². The second-order valence-electron chi connectivity index (χ2n) is 4.57. The maximum atomic E-state index is 5.75. The molecule has 0 bridgehead atoms. The Morgan fingerprint density at radius 2 is 1.94 bits per heavy atom. The van der Waals surface area contributed by atoms with E-state index in [1.165, 1.54) is 15.7 Å². The van der Waals surface area contributed by atoms with Gasteiger partial charge in [-0.2, -0.15) is 0 Å². The fraction of sp³-hybridized carbons (Fsp3) is 0.538. The molecule has 1 aliphatic heterocycles. The van der Waals surface area contributed by atoms with Crippen LogP contribution in [0.2, 0.25) is 0 Å². The van der Waals surface area contributed by atoms with E-state index in [1.54, 1.807) is 0 Å². The normalized spacial score (nSPS) is 25.1. The van der Waals surface area contributed by atoms with Gasteiger partial charge in [0.1, 0.15) is 0 Å². The second-order valence-corrected chi connectivity index (χ2v) is 5.99. The van der Waals surface area contributed by atoms with Gasteiger partial charge in [0.05, 0.1) is 12.2 Å². The first kappa shape index (κ1) is 13.4. The largest absolute Gasteiger partial charge is 0.372 e. The maximum absolute atomic E-state index is 5.75. The Bertz CT molecular complexity index is 387. The van der Waals surface area contributed by atoms with Gasteiger partial charge in [0.15, 0.2) is 0 Å². The second kappa shape index (κ2) is 5.72. The lowest BCUT2D eigenvalue weighted by Crippen LogP contribution is -2.45. The molecule has 0 radical (unpaired) electrons. The van der Waals surface area contributed by atoms with Crippen molar-refractivity contribution in [2.75, 3.05) is 18.0 Å². The summed E-state index contributed by atoms with van der Waals surface area (Å²) in [5.74, 6) is 0. The number of nitrogens with zero attached hydrogens (tertiary/aromatic N) is 1. The summed E-state index contributed by atoms with van der Waals surface area (Å²) in [5.41, 5.74) is 2.55. The Balaban J connectivity index is 2.19. The van der Waals surface area contributed by atoms with Crippen LogP contribution in [0.1, 0.15) is 19.4 Å². The van der Waals surface area contributed by atoms with Crippen LogP contribution < -0.4 is 4.90 Å². The molecule has 2 rings (SSSR count). The monoisotopic (exact) mass is 361 g/mol. The van der Waals surface area contributed by atoms with E-state index in [4.69, 9.17) is 4.74 Å². The van der Waals surface area contributed by atoms with Crippen LogP contribution in [0.25, 0.3) is 0 Å². The number of alkyl halides is 1. The van der Waals surface area contributed by atoms with Crippen molar-refractivity contribution in [2.45, 2.75) is 31.4 Å². The van der Waals surface area contributed by atoms with E-state index in [1.807, 2.05) is 0 Å². The summed E-state index contributed by atoms with van der Waals surface area (Å²) < 4.78 is 6.92. The molecule has 0 aliphatic carbocycles. The van der Waals surface area contributed by atoms with Crippen LogP contribution in [0.4, 0.5) is 5.69 Å². The highest BCUT2D eigenvalue weighted by Crippen LogP contribution is 2.27. The van der Waals surface area contributed by atoms with E-state index in [9.17, 15) is 0 Å². The molecule has 1 aromatic rings. The molecular formula is C13H17Br2NO. The highest BCUT2D eigenvalue weighted by molar-refractivity contribution is 9.10. The minimum Gasteiger partial charge on any atom is -0.372 e. The number of morpholine rings is 1. The van der Waals surface area contributed by atoms with Crippen LogP contribution in [0.15, 0.2) is 22.7 Å². The van der Waals surface area contributed by atoms with Gasteiger partial charge in [0.2, 0.25) is 0 Å². The predicted octanol–water partition coefficient (Wildman–Crippen LogP) is 3.96. The molecule has 1 fully saturated rings. The minimum atomic E-state index is 0.299. The van der Waals surface area contributed by atoms with Crippen LogP contribution in [0.3, 0.4) is 0 Å². The van der Waals surface area contributed by atoms with Crippen molar-refractivity contribution in [1.29, 1.82) is 0 Å². The summed E-state index contributed by atoms with van der Waals surface area (Å²) in [4.78, 5) is 2.39. The van der Waals surface area contributed by atoms with E-state index in [0.29, 0.717) is 12.2 Å². The van der Waals surface area contributed by atoms with Gasteiger partial charge in [0, 0.05) is 28.6 Å². The maximum Gasteiger partial charge on any atom is 0.0726 e. The zero-order valence-electron chi connectivity index (χ0n) is 10.1. The summed E-state index contributed by atoms with van der Waals surface area (Å²) in [6, 6.07) is 6.55. The lowest BCUT2D eigenvalue weighted by atomic mass is 10.1. The van der Waals surface area contributed by atoms with Gasteiger partial charge in [-0.15, -0.1) is 0 Å². The van der Waals surface area contributed by atoms with Crippen molar-refractivity contribution in [3.8, 4) is 0 Å². The molecule has 1 aromatic carbocycles. The molecule has 1 aliphatic rings. The van der Waals surface area contributed by atoms with Gasteiger partial charge < -0.3 is 9.64 Å². The predicted molar refractivity (Wildman–Crippen MR) is 79.0 cm³/mol. The first-order valence-corrected chi connectivity index (χ1v) is 7.76. The molecule has 0 spiro atoms. The van der Waals surface area contributed by atoms with Crippen LogP contribution in [0, 0.1) is 0 Å². The fourth-order valence-electron chi connectivity index (χ4n) is 2.23. The number of benzene rings is 1. The van der Waals surface area contributed by atoms with E-state index in [2.05, 4.69) is 68.8 Å². The average molecular weight is 363 g/mol. The third kappa shape index (κ3) is 3.24. The Kier molecular flexibility index (Phi) is 4.50. The van der Waals surface area contributed by atoms with Crippen LogP contribution in [-0.4, -0.2) is 25.3 Å². The molecule has 2 nitrogen and oxygen atoms in total. The van der Waals surface area contributed by atoms with Crippen LogP contribution in [-0.2, 0) is 10.1 Å². The van der Waals surface area contributed by atoms with Crippen molar-refractivity contribution in [3.05, 3.63) is 28.2 Å². The van der Waals surface area contributed by atoms with Crippen molar-refractivity contribution >= 4 is 37.5 Å². The standard InChI is InChI=1S/C13H17Br2NO/c1-9-7-16(8-10(2)17-9)12-4-3-11(6-14)13(15)5-12/h3-5,9-10H,6-8H2,1-2H3/t9-,10+. The van der Waals surface area contributed by atoms with Crippen LogP contribution >= 0.6 is 31.9 Å². The van der Waals surface area contributed by atoms with Gasteiger partial charge in [0.25, 0.3) is 0 Å². The summed E-state index contributed by atoms with van der Waals surface area (Å²) >= 11 is 7.10. The zero-order chi connectivity index (χ0) is 12.4. The summed E-state index contributed by atoms with van der Waals surface area (Å²) in [6.07, 6.45) is 0.599. The van der Waals surface area contributed by atoms with E-state index in [-0.39, 0.29) is 0 Å². The van der Waals surface area contributed by atoms with Gasteiger partial charge in [-0.1, -0.05) is 37.9 Å². The lowest BCUT2D eigenvalue weighted by Gasteiger charge is -2.37. The van der Waals surface area contributed by atoms with Crippen molar-refractivity contribution in [3.63, 3.8) is 0 Å². The van der Waals surface area contributed by atoms with Crippen LogP contribution in [0.5, 0.6) is 0 Å². The minimum absolute atomic E-state index is 0.299. The Morgan fingerprint density at radius 1 is 1.29 bits per heavy atom. The third-order valence-electron chi connectivity index (χ3n) is 2.97. The van der Waals surface area contributed by atoms with Crippen molar-refractivity contribution < 1.29 is 4.74 Å². The van der Waals surface area contributed by atoms with Gasteiger partial charge in [-0.3, -0.25) is 0 Å². The SMILES string of the molecule is C[C@@H]1CN(c2ccc(CBr)c(Br)c2)C[C@H](C)O1. The fourth-order valence-corrected chi connectivity index (χ4v) is 3.60. The highest BCUT2D eigenvalue weighted by Gasteiger charge is 2.22. The first-order chi connectivity index (χ1) is 8.10. The molecule has 17 heavy (non-hydrogen) atoms. The third-order valence-corrected chi connectivity index (χ3v) is 4.31. The molecule has 1 heterocycles. The van der Waals surface area contributed by atoms with E-state index < -0.39 is 0 Å². The van der Waals surface area contributed by atoms with Gasteiger partial charge >= 0.3 is 0 Å². The Hall–Kier alpha value is -0.0600. The lowest BCUT2D eigenvalue weighted by molar-refractivity contribution is -0.00521. The molecular weight excluding hydrogens is 346 g/mol. The quantitative estimate of drug-likeness (QED) is 0.738. The van der Waals surface area contributed by atoms with Gasteiger partial charge in [-0.25, -0.2) is 0 Å². The van der Waals surface area contributed by atoms with Crippen molar-refractivity contribution in [2.24, 2.45) is 0 Å². The molecule has 2 atom stereocenters. The van der Waals surface area contributed by atoms with E-state index >= 15 is 0 Å². The molecule has 0 aromatic heterocycles. The van der Waals surface area contributed by atoms with E-state index in [0.717, 1.165) is 18.4 Å². The molecule has 0 saturated carbocycles. The van der Waals surface area contributed by atoms with Gasteiger partial charge in [-0.05, 0) is 31.5 Å². The first-order valence-electron chi connectivity index (χ1n) is 5.85. The number of ether oxygens (including phenoxy) is 1. The molecule has 0 unspecified atom stereocenters. The summed E-state index contributed by atoms with van der Waals surface area (Å²) in [5, 5.41) is 0.879.